The summed E-state index contributed by atoms with van der Waals surface area (Å²) in [4.78, 5) is 15.4. The van der Waals surface area contributed by atoms with Crippen molar-refractivity contribution in [2.45, 2.75) is 44.8 Å². The number of thiocarbonyl (C=S) groups is 1. The molecule has 1 saturated heterocycles. The summed E-state index contributed by atoms with van der Waals surface area (Å²) >= 11 is 13.4. The molecule has 1 heterocycles. The van der Waals surface area contributed by atoms with Gasteiger partial charge in [0.2, 0.25) is 0 Å². The molecule has 1 aliphatic carbocycles. The lowest BCUT2D eigenvalue weighted by atomic mass is 9.94. The molecule has 0 atom stereocenters. The second kappa shape index (κ2) is 10.6. The number of benzene rings is 2. The maximum atomic E-state index is 13.1. The Bertz CT molecular complexity index is 1150. The average Bonchev–Trinajstić information content (AvgIpc) is 3.11. The number of methoxy groups -OCH3 is 1. The van der Waals surface area contributed by atoms with Gasteiger partial charge in [0.05, 0.1) is 28.7 Å². The van der Waals surface area contributed by atoms with Gasteiger partial charge in [-0.15, -0.1) is 0 Å². The van der Waals surface area contributed by atoms with Crippen molar-refractivity contribution in [2.24, 2.45) is 0 Å². The summed E-state index contributed by atoms with van der Waals surface area (Å²) < 4.78 is 12.0. The molecule has 0 aromatic heterocycles. The molecule has 2 aromatic carbocycles. The van der Waals surface area contributed by atoms with Gasteiger partial charge in [0.25, 0.3) is 5.91 Å². The van der Waals surface area contributed by atoms with Crippen molar-refractivity contribution in [2.75, 3.05) is 7.11 Å². The van der Waals surface area contributed by atoms with Crippen LogP contribution in [0.4, 0.5) is 0 Å². The third-order valence-electron chi connectivity index (χ3n) is 5.82. The van der Waals surface area contributed by atoms with E-state index in [1.165, 1.54) is 25.3 Å². The fraction of sp³-hybridized carbons (Fsp3) is 0.320. The van der Waals surface area contributed by atoms with Crippen LogP contribution in [0.3, 0.4) is 0 Å². The number of thioether (sulfide) groups is 1. The third-order valence-corrected chi connectivity index (χ3v) is 7.43. The Morgan fingerprint density at radius 1 is 1.27 bits per heavy atom. The molecular weight excluding hydrogens is 476 g/mol. The smallest absolute Gasteiger partial charge is 0.266 e. The highest BCUT2D eigenvalue weighted by atomic mass is 35.5. The van der Waals surface area contributed by atoms with Crippen molar-refractivity contribution >= 4 is 51.9 Å². The van der Waals surface area contributed by atoms with Crippen LogP contribution in [-0.2, 0) is 11.4 Å². The van der Waals surface area contributed by atoms with Gasteiger partial charge in [-0.1, -0.05) is 73.0 Å². The number of ether oxygens (including phenoxy) is 2. The highest BCUT2D eigenvalue weighted by Gasteiger charge is 2.37. The van der Waals surface area contributed by atoms with E-state index in [1.807, 2.05) is 12.1 Å². The summed E-state index contributed by atoms with van der Waals surface area (Å²) in [5.41, 5.74) is 2.03. The van der Waals surface area contributed by atoms with Gasteiger partial charge >= 0.3 is 0 Å². The lowest BCUT2D eigenvalue weighted by Gasteiger charge is -2.29. The normalized spacial score (nSPS) is 18.0. The lowest BCUT2D eigenvalue weighted by Crippen LogP contribution is -2.39. The highest BCUT2D eigenvalue weighted by molar-refractivity contribution is 8.26. The first kappa shape index (κ1) is 23.6. The molecule has 5 nitrogen and oxygen atoms in total. The molecule has 170 valence electrons. The van der Waals surface area contributed by atoms with Crippen LogP contribution in [0, 0.1) is 11.3 Å². The maximum Gasteiger partial charge on any atom is 0.266 e. The van der Waals surface area contributed by atoms with Gasteiger partial charge < -0.3 is 9.47 Å². The predicted molar refractivity (Wildman–Crippen MR) is 135 cm³/mol. The quantitative estimate of drug-likeness (QED) is 0.342. The van der Waals surface area contributed by atoms with Gasteiger partial charge in [0, 0.05) is 11.6 Å². The Morgan fingerprint density at radius 3 is 2.76 bits per heavy atom. The third kappa shape index (κ3) is 5.19. The van der Waals surface area contributed by atoms with Crippen molar-refractivity contribution in [1.29, 1.82) is 5.26 Å². The van der Waals surface area contributed by atoms with E-state index in [2.05, 4.69) is 6.07 Å². The molecular formula is C25H23ClN2O3S2. The van der Waals surface area contributed by atoms with E-state index < -0.39 is 0 Å². The van der Waals surface area contributed by atoms with Crippen LogP contribution in [0.2, 0.25) is 5.02 Å². The standard InChI is InChI=1S/C25H23ClN2O3S2/c1-30-21-12-16(11-20(26)23(21)31-15-18-8-6-5-7-17(18)14-27)13-22-24(29)28(25(32)33-22)19-9-3-2-4-10-19/h5-8,11-13,19H,2-4,9-10,15H2,1H3/b22-13+. The predicted octanol–water partition coefficient (Wildman–Crippen LogP) is 6.33. The summed E-state index contributed by atoms with van der Waals surface area (Å²) in [6.07, 6.45) is 7.28. The minimum atomic E-state index is -0.0413. The number of hydrogen-bond donors (Lipinski definition) is 0. The van der Waals surface area contributed by atoms with Crippen molar-refractivity contribution < 1.29 is 14.3 Å². The van der Waals surface area contributed by atoms with Crippen LogP contribution in [-0.4, -0.2) is 28.3 Å². The van der Waals surface area contributed by atoms with Gasteiger partial charge in [-0.3, -0.25) is 9.69 Å². The van der Waals surface area contributed by atoms with Crippen LogP contribution < -0.4 is 9.47 Å². The number of halogens is 1. The molecule has 1 aliphatic heterocycles. The van der Waals surface area contributed by atoms with Crippen LogP contribution in [0.1, 0.15) is 48.8 Å². The Kier molecular flexibility index (Phi) is 7.59. The Hall–Kier alpha value is -2.53. The SMILES string of the molecule is COc1cc(/C=C2/SC(=S)N(C3CCCCC3)C2=O)cc(Cl)c1OCc1ccccc1C#N. The summed E-state index contributed by atoms with van der Waals surface area (Å²) in [6, 6.07) is 13.1. The number of amides is 1. The summed E-state index contributed by atoms with van der Waals surface area (Å²) in [6.45, 7) is 0.180. The number of carbonyl (C=O) groups excluding carboxylic acids is 1. The zero-order valence-electron chi connectivity index (χ0n) is 18.2. The molecule has 0 bridgehead atoms. The fourth-order valence-electron chi connectivity index (χ4n) is 4.15. The zero-order valence-corrected chi connectivity index (χ0v) is 20.6. The molecule has 8 heteroatoms. The van der Waals surface area contributed by atoms with Gasteiger partial charge in [-0.05, 0) is 42.7 Å². The van der Waals surface area contributed by atoms with E-state index in [1.54, 1.807) is 35.2 Å². The molecule has 2 aromatic rings. The van der Waals surface area contributed by atoms with E-state index in [0.29, 0.717) is 31.3 Å². The first-order valence-corrected chi connectivity index (χ1v) is 12.4. The molecule has 1 amide bonds. The second-order valence-corrected chi connectivity index (χ2v) is 10.0. The maximum absolute atomic E-state index is 13.1. The number of nitrogens with zero attached hydrogens (tertiary/aromatic N) is 2. The van der Waals surface area contributed by atoms with Crippen LogP contribution in [0.5, 0.6) is 11.5 Å². The largest absolute Gasteiger partial charge is 0.493 e. The Labute approximate surface area is 208 Å². The van der Waals surface area contributed by atoms with Gasteiger partial charge in [-0.2, -0.15) is 5.26 Å². The monoisotopic (exact) mass is 498 g/mol. The number of nitriles is 1. The average molecular weight is 499 g/mol. The first-order chi connectivity index (χ1) is 16.0. The number of hydrogen-bond acceptors (Lipinski definition) is 6. The molecule has 1 saturated carbocycles. The topological polar surface area (TPSA) is 62.6 Å². The molecule has 0 unspecified atom stereocenters. The van der Waals surface area contributed by atoms with E-state index in [-0.39, 0.29) is 18.6 Å². The van der Waals surface area contributed by atoms with Crippen molar-refractivity contribution in [3.63, 3.8) is 0 Å². The molecule has 0 N–H and O–H groups in total. The van der Waals surface area contributed by atoms with E-state index in [0.717, 1.165) is 36.8 Å². The Morgan fingerprint density at radius 2 is 2.03 bits per heavy atom. The summed E-state index contributed by atoms with van der Waals surface area (Å²) in [7, 11) is 1.54. The van der Waals surface area contributed by atoms with E-state index in [9.17, 15) is 10.1 Å². The van der Waals surface area contributed by atoms with Crippen LogP contribution >= 0.6 is 35.6 Å². The van der Waals surface area contributed by atoms with E-state index >= 15 is 0 Å². The molecule has 2 fully saturated rings. The van der Waals surface area contributed by atoms with Gasteiger partial charge in [0.1, 0.15) is 10.9 Å². The number of carbonyl (C=O) groups is 1. The van der Waals surface area contributed by atoms with E-state index in [4.69, 9.17) is 33.3 Å². The molecule has 0 radical (unpaired) electrons. The molecule has 2 aliphatic rings. The van der Waals surface area contributed by atoms with Crippen molar-refractivity contribution in [3.05, 3.63) is 63.0 Å². The minimum absolute atomic E-state index is 0.0413. The van der Waals surface area contributed by atoms with Gasteiger partial charge in [0.15, 0.2) is 11.5 Å². The fourth-order valence-corrected chi connectivity index (χ4v) is 5.83. The second-order valence-electron chi connectivity index (χ2n) is 7.94. The molecule has 4 rings (SSSR count). The zero-order chi connectivity index (χ0) is 23.4. The molecule has 33 heavy (non-hydrogen) atoms. The Balaban J connectivity index is 1.55. The number of rotatable bonds is 6. The van der Waals surface area contributed by atoms with Crippen LogP contribution in [0.15, 0.2) is 41.3 Å². The lowest BCUT2D eigenvalue weighted by molar-refractivity contribution is -0.124. The highest BCUT2D eigenvalue weighted by Crippen LogP contribution is 2.40. The van der Waals surface area contributed by atoms with Gasteiger partial charge in [-0.25, -0.2) is 0 Å². The summed E-state index contributed by atoms with van der Waals surface area (Å²) in [5.74, 6) is 0.796. The summed E-state index contributed by atoms with van der Waals surface area (Å²) in [5, 5.41) is 9.64. The molecule has 0 spiro atoms. The van der Waals surface area contributed by atoms with Crippen molar-refractivity contribution in [3.8, 4) is 17.6 Å². The van der Waals surface area contributed by atoms with Crippen LogP contribution in [0.25, 0.3) is 6.08 Å². The first-order valence-electron chi connectivity index (χ1n) is 10.8. The minimum Gasteiger partial charge on any atom is -0.493 e. The van der Waals surface area contributed by atoms with Crippen molar-refractivity contribution in [1.82, 2.24) is 4.90 Å².